The predicted molar refractivity (Wildman–Crippen MR) is 99.6 cm³/mol. The van der Waals surface area contributed by atoms with Crippen LogP contribution in [0.2, 0.25) is 0 Å². The van der Waals surface area contributed by atoms with E-state index in [1.807, 2.05) is 17.7 Å². The molecule has 0 atom stereocenters. The first-order valence-corrected chi connectivity index (χ1v) is 8.94. The number of aromatic nitrogens is 7. The molecule has 0 saturated carbocycles. The largest absolute Gasteiger partial charge is 0.427 e. The topological polar surface area (TPSA) is 133 Å². The van der Waals surface area contributed by atoms with Crippen LogP contribution in [-0.2, 0) is 20.0 Å². The highest BCUT2D eigenvalue weighted by Crippen LogP contribution is 2.31. The molecule has 0 aliphatic rings. The first kappa shape index (κ1) is 15.8. The van der Waals surface area contributed by atoms with Gasteiger partial charge in [0.2, 0.25) is 0 Å². The van der Waals surface area contributed by atoms with Gasteiger partial charge in [0.1, 0.15) is 22.8 Å². The van der Waals surface area contributed by atoms with Crippen molar-refractivity contribution in [3.63, 3.8) is 0 Å². The van der Waals surface area contributed by atoms with E-state index in [-0.39, 0.29) is 18.1 Å². The second-order valence-corrected chi connectivity index (χ2v) is 7.20. The molecule has 136 valence electrons. The average molecular weight is 382 g/mol. The number of nitrogens with two attached hydrogens (primary N) is 1. The van der Waals surface area contributed by atoms with Gasteiger partial charge in [-0.3, -0.25) is 9.89 Å². The molecular weight excluding hydrogens is 368 g/mol. The van der Waals surface area contributed by atoms with Gasteiger partial charge in [0.15, 0.2) is 5.65 Å². The molecule has 0 spiro atoms. The van der Waals surface area contributed by atoms with E-state index < -0.39 is 0 Å². The number of rotatable bonds is 4. The second-order valence-electron chi connectivity index (χ2n) is 6.11. The van der Waals surface area contributed by atoms with Gasteiger partial charge in [0.25, 0.3) is 11.6 Å². The molecule has 5 aromatic heterocycles. The van der Waals surface area contributed by atoms with E-state index in [0.29, 0.717) is 17.7 Å². The highest BCUT2D eigenvalue weighted by Gasteiger charge is 2.19. The Bertz CT molecular complexity index is 1320. The summed E-state index contributed by atoms with van der Waals surface area (Å²) >= 11 is 1.55. The summed E-state index contributed by atoms with van der Waals surface area (Å²) < 4.78 is 9.33. The maximum absolute atomic E-state index is 12.9. The number of nitrogens with one attached hydrogen (secondary N) is 1. The quantitative estimate of drug-likeness (QED) is 0.478. The Morgan fingerprint density at radius 2 is 2.26 bits per heavy atom. The van der Waals surface area contributed by atoms with Crippen molar-refractivity contribution < 1.29 is 4.42 Å². The minimum absolute atomic E-state index is 0.0625. The van der Waals surface area contributed by atoms with Crippen molar-refractivity contribution >= 4 is 38.6 Å². The summed E-state index contributed by atoms with van der Waals surface area (Å²) in [5.74, 6) is 0.470. The van der Waals surface area contributed by atoms with Gasteiger partial charge < -0.3 is 14.7 Å². The predicted octanol–water partition coefficient (Wildman–Crippen LogP) is 1.28. The third kappa shape index (κ3) is 2.51. The van der Waals surface area contributed by atoms with Gasteiger partial charge in [-0.15, -0.1) is 11.3 Å². The molecule has 0 amide bonds. The van der Waals surface area contributed by atoms with Gasteiger partial charge in [-0.25, -0.2) is 14.6 Å². The second kappa shape index (κ2) is 5.77. The molecule has 5 heterocycles. The number of anilines is 1. The third-order valence-electron chi connectivity index (χ3n) is 4.35. The van der Waals surface area contributed by atoms with Crippen molar-refractivity contribution in [2.75, 3.05) is 5.73 Å². The van der Waals surface area contributed by atoms with E-state index >= 15 is 0 Å². The standard InChI is InChI=1S/C16H14N8O2S/c1-23-12-10(6-20-24(15(12)25)7-9-5-18-16(17)26-9)13-14(23)21-11(27-13)4-8-2-3-19-22-8/h2-3,5-6H,4,7H2,1H3,(H2,17,18)(H,19,22). The first-order chi connectivity index (χ1) is 13.1. The lowest BCUT2D eigenvalue weighted by Gasteiger charge is -2.03. The van der Waals surface area contributed by atoms with Crippen molar-refractivity contribution in [3.8, 4) is 0 Å². The Kier molecular flexibility index (Phi) is 3.37. The van der Waals surface area contributed by atoms with Crippen LogP contribution in [0.25, 0.3) is 21.3 Å². The Hall–Kier alpha value is -3.47. The Labute approximate surface area is 155 Å². The number of aromatic amines is 1. The fourth-order valence-corrected chi connectivity index (χ4v) is 4.24. The number of nitrogen functional groups attached to an aromatic ring is 1. The molecule has 27 heavy (non-hydrogen) atoms. The summed E-state index contributed by atoms with van der Waals surface area (Å²) in [4.78, 5) is 21.5. The monoisotopic (exact) mass is 382 g/mol. The van der Waals surface area contributed by atoms with Gasteiger partial charge in [-0.1, -0.05) is 0 Å². The number of thiazole rings is 1. The van der Waals surface area contributed by atoms with Crippen LogP contribution in [0.4, 0.5) is 6.01 Å². The average Bonchev–Trinajstić information content (AvgIpc) is 3.40. The Balaban J connectivity index is 1.60. The van der Waals surface area contributed by atoms with Gasteiger partial charge >= 0.3 is 0 Å². The molecule has 0 bridgehead atoms. The zero-order chi connectivity index (χ0) is 18.5. The smallest absolute Gasteiger partial charge is 0.292 e. The molecule has 3 N–H and O–H groups in total. The van der Waals surface area contributed by atoms with E-state index in [1.54, 1.807) is 23.7 Å². The van der Waals surface area contributed by atoms with Crippen LogP contribution in [0.1, 0.15) is 16.5 Å². The minimum atomic E-state index is -0.217. The van der Waals surface area contributed by atoms with Crippen molar-refractivity contribution in [3.05, 3.63) is 51.5 Å². The molecule has 0 fully saturated rings. The molecule has 0 radical (unpaired) electrons. The van der Waals surface area contributed by atoms with Crippen LogP contribution < -0.4 is 11.3 Å². The molecule has 11 heteroatoms. The van der Waals surface area contributed by atoms with Crippen molar-refractivity contribution in [2.24, 2.45) is 7.05 Å². The highest BCUT2D eigenvalue weighted by atomic mass is 32.1. The lowest BCUT2D eigenvalue weighted by atomic mass is 10.3. The van der Waals surface area contributed by atoms with Gasteiger partial charge in [-0.2, -0.15) is 10.2 Å². The number of hydrogen-bond acceptors (Lipinski definition) is 8. The maximum atomic E-state index is 12.9. The van der Waals surface area contributed by atoms with Gasteiger partial charge in [0.05, 0.1) is 17.1 Å². The third-order valence-corrected chi connectivity index (χ3v) is 5.42. The van der Waals surface area contributed by atoms with Crippen molar-refractivity contribution in [2.45, 2.75) is 13.0 Å². The lowest BCUT2D eigenvalue weighted by Crippen LogP contribution is -2.24. The number of nitrogens with zero attached hydrogens (tertiary/aromatic N) is 6. The van der Waals surface area contributed by atoms with Crippen LogP contribution in [0.5, 0.6) is 0 Å². The molecule has 0 aliphatic heterocycles. The molecule has 0 aliphatic carbocycles. The summed E-state index contributed by atoms with van der Waals surface area (Å²) in [7, 11) is 1.84. The number of hydrogen-bond donors (Lipinski definition) is 2. The summed E-state index contributed by atoms with van der Waals surface area (Å²) in [5, 5.41) is 12.9. The minimum Gasteiger partial charge on any atom is -0.427 e. The summed E-state index contributed by atoms with van der Waals surface area (Å²) in [6, 6.07) is 1.98. The Morgan fingerprint density at radius 1 is 1.37 bits per heavy atom. The molecule has 10 nitrogen and oxygen atoms in total. The SMILES string of the molecule is Cn1c2nc(Cc3ccn[nH]3)sc2c2cnn(Cc3cnc(N)o3)c(=O)c21. The normalized spacial score (nSPS) is 11.7. The van der Waals surface area contributed by atoms with Crippen LogP contribution in [0, 0.1) is 0 Å². The maximum Gasteiger partial charge on any atom is 0.292 e. The molecule has 5 aromatic rings. The number of aryl methyl sites for hydroxylation is 1. The van der Waals surface area contributed by atoms with Crippen LogP contribution in [0.15, 0.2) is 33.9 Å². The molecule has 0 saturated heterocycles. The van der Waals surface area contributed by atoms with Crippen LogP contribution in [0.3, 0.4) is 0 Å². The number of H-pyrrole nitrogens is 1. The van der Waals surface area contributed by atoms with E-state index in [2.05, 4.69) is 20.3 Å². The molecule has 0 unspecified atom stereocenters. The highest BCUT2D eigenvalue weighted by molar-refractivity contribution is 7.19. The zero-order valence-corrected chi connectivity index (χ0v) is 15.0. The van der Waals surface area contributed by atoms with Crippen molar-refractivity contribution in [1.82, 2.24) is 34.5 Å². The van der Waals surface area contributed by atoms with E-state index in [4.69, 9.17) is 15.1 Å². The van der Waals surface area contributed by atoms with Crippen LogP contribution >= 0.6 is 11.3 Å². The number of oxazole rings is 1. The van der Waals surface area contributed by atoms with E-state index in [0.717, 1.165) is 26.4 Å². The van der Waals surface area contributed by atoms with E-state index in [1.165, 1.54) is 10.9 Å². The van der Waals surface area contributed by atoms with E-state index in [9.17, 15) is 4.79 Å². The fourth-order valence-electron chi connectivity index (χ4n) is 3.11. The van der Waals surface area contributed by atoms with Crippen LogP contribution in [-0.4, -0.2) is 34.5 Å². The molecule has 5 rings (SSSR count). The fraction of sp³-hybridized carbons (Fsp3) is 0.188. The summed E-state index contributed by atoms with van der Waals surface area (Å²) in [6.45, 7) is 0.163. The first-order valence-electron chi connectivity index (χ1n) is 8.12. The zero-order valence-electron chi connectivity index (χ0n) is 14.2. The Morgan fingerprint density at radius 3 is 3.00 bits per heavy atom. The summed E-state index contributed by atoms with van der Waals surface area (Å²) in [6.07, 6.45) is 5.56. The molecular formula is C16H14N8O2S. The lowest BCUT2D eigenvalue weighted by molar-refractivity contribution is 0.483. The molecule has 0 aromatic carbocycles. The summed E-state index contributed by atoms with van der Waals surface area (Å²) in [5.41, 5.74) is 7.58. The van der Waals surface area contributed by atoms with Gasteiger partial charge in [0, 0.05) is 30.7 Å². The number of fused-ring (bicyclic) bond motifs is 3. The van der Waals surface area contributed by atoms with Crippen molar-refractivity contribution in [1.29, 1.82) is 0 Å². The van der Waals surface area contributed by atoms with Gasteiger partial charge in [-0.05, 0) is 6.07 Å².